The summed E-state index contributed by atoms with van der Waals surface area (Å²) < 4.78 is 0. The van der Waals surface area contributed by atoms with Crippen LogP contribution in [0.15, 0.2) is 24.3 Å². The van der Waals surface area contributed by atoms with Crippen LogP contribution in [-0.2, 0) is 14.4 Å². The lowest BCUT2D eigenvalue weighted by molar-refractivity contribution is -0.128. The minimum atomic E-state index is -0.718. The fraction of sp³-hybridized carbons (Fsp3) is 0.450. The minimum absolute atomic E-state index is 0.0678. The van der Waals surface area contributed by atoms with Crippen molar-refractivity contribution in [2.45, 2.75) is 46.5 Å². The third kappa shape index (κ3) is 3.81. The molecule has 2 rings (SSSR count). The van der Waals surface area contributed by atoms with Gasteiger partial charge in [-0.15, -0.1) is 0 Å². The summed E-state index contributed by atoms with van der Waals surface area (Å²) in [5, 5.41) is 2.73. The molecular formula is C20H25NO3. The first-order valence-electron chi connectivity index (χ1n) is 8.26. The zero-order chi connectivity index (χ0) is 18.0. The van der Waals surface area contributed by atoms with E-state index in [0.29, 0.717) is 6.54 Å². The van der Waals surface area contributed by atoms with Gasteiger partial charge >= 0.3 is 0 Å². The first kappa shape index (κ1) is 18.1. The molecule has 128 valence electrons. The van der Waals surface area contributed by atoms with Crippen molar-refractivity contribution in [1.29, 1.82) is 0 Å². The van der Waals surface area contributed by atoms with Crippen molar-refractivity contribution in [3.63, 3.8) is 0 Å². The Kier molecular flexibility index (Phi) is 5.37. The number of ketones is 2. The molecule has 0 radical (unpaired) electrons. The lowest BCUT2D eigenvalue weighted by Gasteiger charge is -2.16. The van der Waals surface area contributed by atoms with Crippen LogP contribution >= 0.6 is 0 Å². The van der Waals surface area contributed by atoms with Crippen LogP contribution in [0.3, 0.4) is 0 Å². The van der Waals surface area contributed by atoms with Gasteiger partial charge in [-0.25, -0.2) is 0 Å². The Bertz CT molecular complexity index is 695. The van der Waals surface area contributed by atoms with E-state index in [1.807, 2.05) is 39.8 Å². The molecule has 24 heavy (non-hydrogen) atoms. The molecule has 1 saturated carbocycles. The van der Waals surface area contributed by atoms with Crippen LogP contribution in [0, 0.1) is 26.7 Å². The lowest BCUT2D eigenvalue weighted by atomic mass is 9.86. The van der Waals surface area contributed by atoms with Crippen LogP contribution in [-0.4, -0.2) is 24.0 Å². The van der Waals surface area contributed by atoms with Crippen molar-refractivity contribution in [3.8, 4) is 0 Å². The maximum atomic E-state index is 12.8. The number of carbonyl (C=O) groups excluding carboxylic acids is 3. The number of benzene rings is 1. The fourth-order valence-corrected chi connectivity index (χ4v) is 3.52. The van der Waals surface area contributed by atoms with E-state index < -0.39 is 11.8 Å². The zero-order valence-electron chi connectivity index (χ0n) is 14.9. The van der Waals surface area contributed by atoms with E-state index in [4.69, 9.17) is 0 Å². The molecule has 1 aliphatic carbocycles. The smallest absolute Gasteiger partial charge is 0.220 e. The average molecular weight is 327 g/mol. The summed E-state index contributed by atoms with van der Waals surface area (Å²) in [5.74, 6) is -1.65. The Hall–Kier alpha value is -2.23. The van der Waals surface area contributed by atoms with Crippen molar-refractivity contribution in [2.24, 2.45) is 5.92 Å². The topological polar surface area (TPSA) is 63.2 Å². The highest BCUT2D eigenvalue weighted by atomic mass is 16.2. The summed E-state index contributed by atoms with van der Waals surface area (Å²) in [6.45, 7) is 11.8. The number of hydrogen-bond donors (Lipinski definition) is 1. The van der Waals surface area contributed by atoms with Gasteiger partial charge in [-0.2, -0.15) is 0 Å². The summed E-state index contributed by atoms with van der Waals surface area (Å²) in [6.07, 6.45) is 0.217. The van der Waals surface area contributed by atoms with Gasteiger partial charge in [0.05, 0.1) is 0 Å². The van der Waals surface area contributed by atoms with E-state index in [2.05, 4.69) is 11.9 Å². The minimum Gasteiger partial charge on any atom is -0.352 e. The highest BCUT2D eigenvalue weighted by Crippen LogP contribution is 2.37. The molecule has 1 fully saturated rings. The Morgan fingerprint density at radius 2 is 1.79 bits per heavy atom. The molecule has 0 spiro atoms. The number of Topliss-reactive ketones (excluding diaryl/α,β-unsaturated/α-hetero) is 2. The van der Waals surface area contributed by atoms with Crippen LogP contribution in [0.4, 0.5) is 0 Å². The van der Waals surface area contributed by atoms with Crippen LogP contribution in [0.25, 0.3) is 0 Å². The predicted molar refractivity (Wildman–Crippen MR) is 94.0 cm³/mol. The number of carbonyl (C=O) groups is 3. The number of amides is 1. The number of rotatable bonds is 5. The standard InChI is InChI=1S/C20H25NO3/c1-11(2)10-21-17(23)9-15-8-16(22)19(20(15)24)18-13(4)6-12(3)7-14(18)5/h6-7,15,19H,1,8-10H2,2-5H3,(H,21,23). The summed E-state index contributed by atoms with van der Waals surface area (Å²) in [7, 11) is 0. The third-order valence-electron chi connectivity index (χ3n) is 4.50. The second kappa shape index (κ2) is 7.12. The van der Waals surface area contributed by atoms with Gasteiger partial charge < -0.3 is 5.32 Å². The number of aryl methyl sites for hydroxylation is 3. The van der Waals surface area contributed by atoms with Gasteiger partial charge in [0.2, 0.25) is 5.91 Å². The van der Waals surface area contributed by atoms with Crippen LogP contribution in [0.2, 0.25) is 0 Å². The Labute approximate surface area is 143 Å². The van der Waals surface area contributed by atoms with Gasteiger partial charge in [0.15, 0.2) is 5.78 Å². The van der Waals surface area contributed by atoms with Crippen molar-refractivity contribution in [1.82, 2.24) is 5.32 Å². The second-order valence-electron chi connectivity index (χ2n) is 6.95. The van der Waals surface area contributed by atoms with Gasteiger partial charge in [0, 0.05) is 25.3 Å². The van der Waals surface area contributed by atoms with Crippen molar-refractivity contribution < 1.29 is 14.4 Å². The molecule has 2 atom stereocenters. The number of nitrogens with one attached hydrogen (secondary N) is 1. The van der Waals surface area contributed by atoms with E-state index in [0.717, 1.165) is 27.8 Å². The van der Waals surface area contributed by atoms with Crippen LogP contribution < -0.4 is 5.32 Å². The van der Waals surface area contributed by atoms with Gasteiger partial charge in [-0.3, -0.25) is 14.4 Å². The molecule has 0 saturated heterocycles. The molecule has 0 heterocycles. The van der Waals surface area contributed by atoms with Gasteiger partial charge in [0.25, 0.3) is 0 Å². The Balaban J connectivity index is 2.18. The van der Waals surface area contributed by atoms with Crippen molar-refractivity contribution >= 4 is 17.5 Å². The van der Waals surface area contributed by atoms with E-state index in [9.17, 15) is 14.4 Å². The lowest BCUT2D eigenvalue weighted by Crippen LogP contribution is -2.28. The maximum Gasteiger partial charge on any atom is 0.220 e. The van der Waals surface area contributed by atoms with Gasteiger partial charge in [0.1, 0.15) is 11.7 Å². The molecule has 1 aliphatic rings. The third-order valence-corrected chi connectivity index (χ3v) is 4.50. The summed E-state index contributed by atoms with van der Waals surface area (Å²) >= 11 is 0. The summed E-state index contributed by atoms with van der Waals surface area (Å²) in [4.78, 5) is 37.2. The van der Waals surface area contributed by atoms with Crippen molar-refractivity contribution in [2.75, 3.05) is 6.54 Å². The molecular weight excluding hydrogens is 302 g/mol. The van der Waals surface area contributed by atoms with Crippen molar-refractivity contribution in [3.05, 3.63) is 46.5 Å². The van der Waals surface area contributed by atoms with Gasteiger partial charge in [-0.05, 0) is 44.4 Å². The Morgan fingerprint density at radius 3 is 2.33 bits per heavy atom. The van der Waals surface area contributed by atoms with Crippen LogP contribution in [0.1, 0.15) is 47.9 Å². The summed E-state index contributed by atoms with van der Waals surface area (Å²) in [5.41, 5.74) is 4.71. The first-order chi connectivity index (χ1) is 11.2. The monoisotopic (exact) mass is 327 g/mol. The molecule has 4 nitrogen and oxygen atoms in total. The molecule has 4 heteroatoms. The number of hydrogen-bond acceptors (Lipinski definition) is 3. The first-order valence-corrected chi connectivity index (χ1v) is 8.26. The molecule has 2 unspecified atom stereocenters. The SMILES string of the molecule is C=C(C)CNC(=O)CC1CC(=O)C(c2c(C)cc(C)cc2C)C1=O. The Morgan fingerprint density at radius 1 is 1.21 bits per heavy atom. The van der Waals surface area contributed by atoms with E-state index >= 15 is 0 Å². The van der Waals surface area contributed by atoms with E-state index in [1.54, 1.807) is 0 Å². The fourth-order valence-electron chi connectivity index (χ4n) is 3.52. The molecule has 0 bridgehead atoms. The molecule has 1 aromatic carbocycles. The molecule has 0 aliphatic heterocycles. The van der Waals surface area contributed by atoms with Gasteiger partial charge in [-0.1, -0.05) is 29.8 Å². The second-order valence-corrected chi connectivity index (χ2v) is 6.95. The normalized spacial score (nSPS) is 20.3. The molecule has 1 aromatic rings. The molecule has 0 aromatic heterocycles. The summed E-state index contributed by atoms with van der Waals surface area (Å²) in [6, 6.07) is 3.99. The molecule has 1 N–H and O–H groups in total. The largest absolute Gasteiger partial charge is 0.352 e. The predicted octanol–water partition coefficient (Wildman–Crippen LogP) is 2.94. The highest BCUT2D eigenvalue weighted by molar-refractivity contribution is 6.15. The maximum absolute atomic E-state index is 12.8. The zero-order valence-corrected chi connectivity index (χ0v) is 14.9. The highest BCUT2D eigenvalue weighted by Gasteiger charge is 2.43. The average Bonchev–Trinajstić information content (AvgIpc) is 2.72. The van der Waals surface area contributed by atoms with E-state index in [1.165, 1.54) is 0 Å². The quantitative estimate of drug-likeness (QED) is 0.668. The van der Waals surface area contributed by atoms with Crippen LogP contribution in [0.5, 0.6) is 0 Å². The molecule has 1 amide bonds. The van der Waals surface area contributed by atoms with E-state index in [-0.39, 0.29) is 30.3 Å².